The molecule has 1 saturated heterocycles. The maximum Gasteiger partial charge on any atom is 0.280 e. The van der Waals surface area contributed by atoms with E-state index < -0.39 is 5.91 Å². The Labute approximate surface area is 167 Å². The van der Waals surface area contributed by atoms with E-state index in [4.69, 9.17) is 5.41 Å². The largest absolute Gasteiger partial charge is 0.369 e. The third kappa shape index (κ3) is 4.24. The predicted molar refractivity (Wildman–Crippen MR) is 111 cm³/mol. The Morgan fingerprint density at radius 2 is 1.75 bits per heavy atom. The maximum atomic E-state index is 12.7. The molecule has 1 N–H and O–H groups in total. The molecule has 2 aliphatic rings. The third-order valence-corrected chi connectivity index (χ3v) is 5.62. The van der Waals surface area contributed by atoms with Gasteiger partial charge in [0.15, 0.2) is 0 Å². The van der Waals surface area contributed by atoms with E-state index in [1.54, 1.807) is 0 Å². The maximum absolute atomic E-state index is 12.7. The van der Waals surface area contributed by atoms with Crippen molar-refractivity contribution in [2.75, 3.05) is 20.1 Å². The smallest absolute Gasteiger partial charge is 0.280 e. The molecule has 1 aromatic carbocycles. The molecule has 0 radical (unpaired) electrons. The first-order valence-corrected chi connectivity index (χ1v) is 9.95. The van der Waals surface area contributed by atoms with Gasteiger partial charge in [-0.1, -0.05) is 42.0 Å². The zero-order valence-corrected chi connectivity index (χ0v) is 17.0. The minimum atomic E-state index is -0.507. The van der Waals surface area contributed by atoms with Crippen LogP contribution in [-0.4, -0.2) is 47.5 Å². The van der Waals surface area contributed by atoms with Crippen LogP contribution >= 0.6 is 0 Å². The number of likely N-dealkylation sites (N-methyl/N-ethyl adjacent to an activating group) is 1. The van der Waals surface area contributed by atoms with Crippen LogP contribution < -0.4 is 0 Å². The highest BCUT2D eigenvalue weighted by molar-refractivity contribution is 6.49. The number of piperidine rings is 1. The van der Waals surface area contributed by atoms with E-state index in [-0.39, 0.29) is 11.6 Å². The third-order valence-electron chi connectivity index (χ3n) is 5.62. The van der Waals surface area contributed by atoms with E-state index in [2.05, 4.69) is 29.2 Å². The number of carbonyl (C=O) groups excluding carboxylic acids is 2. The lowest BCUT2D eigenvalue weighted by Crippen LogP contribution is -2.49. The Morgan fingerprint density at radius 3 is 2.36 bits per heavy atom. The van der Waals surface area contributed by atoms with Crippen LogP contribution in [0, 0.1) is 11.3 Å². The van der Waals surface area contributed by atoms with Gasteiger partial charge in [-0.2, -0.15) is 0 Å². The van der Waals surface area contributed by atoms with Gasteiger partial charge in [0.25, 0.3) is 11.8 Å². The van der Waals surface area contributed by atoms with E-state index in [0.29, 0.717) is 23.6 Å². The minimum absolute atomic E-state index is 0.0548. The first kappa shape index (κ1) is 20.1. The molecular weight excluding hydrogens is 350 g/mol. The van der Waals surface area contributed by atoms with Gasteiger partial charge in [0, 0.05) is 25.7 Å². The van der Waals surface area contributed by atoms with E-state index >= 15 is 0 Å². The summed E-state index contributed by atoms with van der Waals surface area (Å²) in [5.41, 5.74) is 3.52. The number of nitrogens with one attached hydrogen (secondary N) is 1. The van der Waals surface area contributed by atoms with Gasteiger partial charge < -0.3 is 4.90 Å². The summed E-state index contributed by atoms with van der Waals surface area (Å²) in [5, 5.41) is 8.39. The van der Waals surface area contributed by atoms with Crippen molar-refractivity contribution in [3.05, 3.63) is 58.8 Å². The monoisotopic (exact) mass is 379 g/mol. The fraction of sp³-hybridized carbons (Fsp3) is 0.435. The van der Waals surface area contributed by atoms with Gasteiger partial charge in [-0.05, 0) is 51.0 Å². The van der Waals surface area contributed by atoms with E-state index in [9.17, 15) is 9.59 Å². The average molecular weight is 380 g/mol. The Kier molecular flexibility index (Phi) is 6.12. The summed E-state index contributed by atoms with van der Waals surface area (Å²) in [6, 6.07) is 10.5. The topological polar surface area (TPSA) is 64.5 Å². The molecule has 2 amide bonds. The van der Waals surface area contributed by atoms with Crippen LogP contribution in [0.1, 0.15) is 38.7 Å². The van der Waals surface area contributed by atoms with Gasteiger partial charge in [-0.3, -0.25) is 19.9 Å². The van der Waals surface area contributed by atoms with Crippen molar-refractivity contribution in [1.29, 1.82) is 5.41 Å². The second-order valence-electron chi connectivity index (χ2n) is 7.98. The molecule has 0 bridgehead atoms. The molecule has 0 aliphatic carbocycles. The molecule has 3 rings (SSSR count). The van der Waals surface area contributed by atoms with Crippen molar-refractivity contribution in [3.8, 4) is 0 Å². The number of imide groups is 1. The number of nitrogens with zero attached hydrogens (tertiary/aromatic N) is 2. The lowest BCUT2D eigenvalue weighted by molar-refractivity contribution is -0.137. The molecule has 28 heavy (non-hydrogen) atoms. The van der Waals surface area contributed by atoms with Gasteiger partial charge >= 0.3 is 0 Å². The zero-order valence-electron chi connectivity index (χ0n) is 17.0. The van der Waals surface area contributed by atoms with Gasteiger partial charge in [0.2, 0.25) is 0 Å². The number of likely N-dealkylation sites (tertiary alicyclic amines) is 1. The Balaban J connectivity index is 1.79. The van der Waals surface area contributed by atoms with Crippen molar-refractivity contribution < 1.29 is 9.59 Å². The molecule has 5 nitrogen and oxygen atoms in total. The van der Waals surface area contributed by atoms with E-state index in [1.807, 2.05) is 26.0 Å². The van der Waals surface area contributed by atoms with E-state index in [1.165, 1.54) is 12.6 Å². The van der Waals surface area contributed by atoms with Crippen LogP contribution in [0.25, 0.3) is 0 Å². The van der Waals surface area contributed by atoms with Gasteiger partial charge in [-0.15, -0.1) is 0 Å². The molecule has 0 atom stereocenters. The average Bonchev–Trinajstić information content (AvgIpc) is 2.69. The standard InChI is InChI=1S/C23H29N3O2/c1-16(2)9-10-19-21(20(24)23(28)25(3)22(19)27)26-13-11-18(12-14-26)15-17-7-5-4-6-8-17/h4-9,18,24H,10-15H2,1-3H3. The molecule has 0 unspecified atom stereocenters. The summed E-state index contributed by atoms with van der Waals surface area (Å²) < 4.78 is 0. The van der Waals surface area contributed by atoms with Crippen LogP contribution in [-0.2, 0) is 16.0 Å². The molecular formula is C23H29N3O2. The molecule has 0 spiro atoms. The molecule has 1 aromatic rings. The van der Waals surface area contributed by atoms with Crippen LogP contribution in [0.15, 0.2) is 53.3 Å². The van der Waals surface area contributed by atoms with Crippen molar-refractivity contribution in [3.63, 3.8) is 0 Å². The molecule has 2 heterocycles. The first-order valence-electron chi connectivity index (χ1n) is 9.95. The zero-order chi connectivity index (χ0) is 20.3. The number of hydrogen-bond acceptors (Lipinski definition) is 4. The molecule has 0 saturated carbocycles. The summed E-state index contributed by atoms with van der Waals surface area (Å²) in [4.78, 5) is 28.3. The highest BCUT2D eigenvalue weighted by atomic mass is 16.2. The summed E-state index contributed by atoms with van der Waals surface area (Å²) in [6.45, 7) is 5.53. The predicted octanol–water partition coefficient (Wildman–Crippen LogP) is 3.57. The Hall–Kier alpha value is -2.69. The number of rotatable bonds is 5. The van der Waals surface area contributed by atoms with Gasteiger partial charge in [-0.25, -0.2) is 0 Å². The van der Waals surface area contributed by atoms with Crippen LogP contribution in [0.5, 0.6) is 0 Å². The number of hydrogen-bond donors (Lipinski definition) is 1. The first-order chi connectivity index (χ1) is 13.4. The highest BCUT2D eigenvalue weighted by Gasteiger charge is 2.38. The second kappa shape index (κ2) is 8.55. The number of carbonyl (C=O) groups is 2. The van der Waals surface area contributed by atoms with Crippen LogP contribution in [0.4, 0.5) is 0 Å². The number of allylic oxidation sites excluding steroid dienone is 2. The summed E-state index contributed by atoms with van der Waals surface area (Å²) in [7, 11) is 1.46. The van der Waals surface area contributed by atoms with Crippen molar-refractivity contribution in [1.82, 2.24) is 9.80 Å². The second-order valence-corrected chi connectivity index (χ2v) is 7.98. The summed E-state index contributed by atoms with van der Waals surface area (Å²) in [6.07, 6.45) is 5.50. The molecule has 1 fully saturated rings. The lowest BCUT2D eigenvalue weighted by atomic mass is 9.88. The summed E-state index contributed by atoms with van der Waals surface area (Å²) in [5.74, 6) is -0.195. The molecule has 148 valence electrons. The molecule has 2 aliphatic heterocycles. The van der Waals surface area contributed by atoms with E-state index in [0.717, 1.165) is 42.8 Å². The quantitative estimate of drug-likeness (QED) is 0.628. The van der Waals surface area contributed by atoms with Crippen molar-refractivity contribution in [2.24, 2.45) is 5.92 Å². The van der Waals surface area contributed by atoms with Gasteiger partial charge in [0.1, 0.15) is 5.71 Å². The fourth-order valence-electron chi connectivity index (χ4n) is 3.96. The SMILES string of the molecule is CC(C)=CCC1=C(N2CCC(Cc3ccccc3)CC2)C(=N)C(=O)N(C)C1=O. The van der Waals surface area contributed by atoms with Crippen molar-refractivity contribution in [2.45, 2.75) is 39.5 Å². The lowest BCUT2D eigenvalue weighted by Gasteiger charge is -2.38. The minimum Gasteiger partial charge on any atom is -0.369 e. The fourth-order valence-corrected chi connectivity index (χ4v) is 3.96. The van der Waals surface area contributed by atoms with Gasteiger partial charge in [0.05, 0.1) is 5.70 Å². The van der Waals surface area contributed by atoms with Crippen LogP contribution in [0.2, 0.25) is 0 Å². The Bertz CT molecular complexity index is 827. The Morgan fingerprint density at radius 1 is 1.11 bits per heavy atom. The molecule has 5 heteroatoms. The molecule has 0 aromatic heterocycles. The van der Waals surface area contributed by atoms with Crippen LogP contribution in [0.3, 0.4) is 0 Å². The number of benzene rings is 1. The number of amides is 2. The normalized spacial score (nSPS) is 18.8. The van der Waals surface area contributed by atoms with Crippen molar-refractivity contribution >= 4 is 17.5 Å². The highest BCUT2D eigenvalue weighted by Crippen LogP contribution is 2.29. The summed E-state index contributed by atoms with van der Waals surface area (Å²) >= 11 is 0.